The predicted octanol–water partition coefficient (Wildman–Crippen LogP) is 5.04. The van der Waals surface area contributed by atoms with Crippen molar-refractivity contribution in [3.05, 3.63) is 59.9 Å². The highest BCUT2D eigenvalue weighted by molar-refractivity contribution is 5.75. The highest BCUT2D eigenvalue weighted by Gasteiger charge is 2.52. The van der Waals surface area contributed by atoms with E-state index in [2.05, 4.69) is 24.1 Å². The minimum absolute atomic E-state index is 0.0950. The van der Waals surface area contributed by atoms with Crippen LogP contribution in [0.1, 0.15) is 44.9 Å². The largest absolute Gasteiger partial charge is 0.466 e. The Kier molecular flexibility index (Phi) is 7.12. The molecule has 1 aromatic heterocycles. The van der Waals surface area contributed by atoms with Gasteiger partial charge in [0.15, 0.2) is 0 Å². The van der Waals surface area contributed by atoms with Crippen molar-refractivity contribution in [2.75, 3.05) is 6.61 Å². The summed E-state index contributed by atoms with van der Waals surface area (Å²) in [6.45, 7) is 5.95. The van der Waals surface area contributed by atoms with Crippen LogP contribution in [0.15, 0.2) is 48.7 Å². The van der Waals surface area contributed by atoms with Crippen molar-refractivity contribution in [1.29, 1.82) is 5.26 Å². The summed E-state index contributed by atoms with van der Waals surface area (Å²) in [6.07, 6.45) is 7.36. The van der Waals surface area contributed by atoms with Gasteiger partial charge in [-0.3, -0.25) is 14.6 Å². The van der Waals surface area contributed by atoms with Crippen molar-refractivity contribution in [1.82, 2.24) is 4.98 Å². The van der Waals surface area contributed by atoms with E-state index in [9.17, 15) is 14.9 Å². The quantitative estimate of drug-likeness (QED) is 0.564. The molecular weight excluding hydrogens is 428 g/mol. The van der Waals surface area contributed by atoms with Crippen LogP contribution in [0.5, 0.6) is 0 Å². The van der Waals surface area contributed by atoms with Gasteiger partial charge in [0.2, 0.25) is 0 Å². The van der Waals surface area contributed by atoms with Crippen LogP contribution in [0.2, 0.25) is 0 Å². The first-order valence-corrected chi connectivity index (χ1v) is 11.9. The minimum atomic E-state index is -0.275. The molecule has 1 saturated carbocycles. The van der Waals surface area contributed by atoms with Crippen molar-refractivity contribution >= 4 is 18.0 Å². The normalized spacial score (nSPS) is 28.2. The fourth-order valence-corrected chi connectivity index (χ4v) is 5.70. The summed E-state index contributed by atoms with van der Waals surface area (Å²) in [5.41, 5.74) is 3.18. The van der Waals surface area contributed by atoms with Crippen molar-refractivity contribution in [2.45, 2.75) is 39.7 Å². The lowest BCUT2D eigenvalue weighted by molar-refractivity contribution is -0.144. The monoisotopic (exact) mass is 458 g/mol. The number of nitrogens with zero attached hydrogens (tertiary/aromatic N) is 2. The third-order valence-electron chi connectivity index (χ3n) is 7.30. The number of allylic oxidation sites excluding steroid dienone is 1. The maximum atomic E-state index is 12.5. The Morgan fingerprint density at radius 2 is 2.06 bits per heavy atom. The highest BCUT2D eigenvalue weighted by Crippen LogP contribution is 2.50. The van der Waals surface area contributed by atoms with Crippen molar-refractivity contribution < 1.29 is 19.1 Å². The number of nitriles is 1. The number of ether oxygens (including phenoxy) is 2. The first-order valence-electron chi connectivity index (χ1n) is 11.9. The van der Waals surface area contributed by atoms with E-state index in [-0.39, 0.29) is 41.7 Å². The van der Waals surface area contributed by atoms with E-state index in [1.165, 1.54) is 6.92 Å². The second kappa shape index (κ2) is 10.2. The molecule has 34 heavy (non-hydrogen) atoms. The molecule has 0 unspecified atom stereocenters. The number of fused-ring (bicyclic) bond motifs is 1. The number of carbonyl (C=O) groups excluding carboxylic acids is 2. The van der Waals surface area contributed by atoms with Gasteiger partial charge in [0.25, 0.3) is 0 Å². The number of benzene rings is 1. The van der Waals surface area contributed by atoms with Crippen LogP contribution < -0.4 is 0 Å². The molecule has 0 spiro atoms. The number of rotatable bonds is 6. The number of carbonyl (C=O) groups is 2. The summed E-state index contributed by atoms with van der Waals surface area (Å²) < 4.78 is 10.9. The van der Waals surface area contributed by atoms with Gasteiger partial charge in [-0.1, -0.05) is 37.3 Å². The van der Waals surface area contributed by atoms with Gasteiger partial charge in [0.05, 0.1) is 29.9 Å². The van der Waals surface area contributed by atoms with Gasteiger partial charge in [0.1, 0.15) is 6.10 Å². The van der Waals surface area contributed by atoms with Crippen molar-refractivity contribution in [3.8, 4) is 17.2 Å². The highest BCUT2D eigenvalue weighted by atomic mass is 16.6. The average Bonchev–Trinajstić information content (AvgIpc) is 3.11. The summed E-state index contributed by atoms with van der Waals surface area (Å²) >= 11 is 0. The molecule has 2 aromatic rings. The SMILES string of the molecule is CC(=O)OCC[C@H]1[C@H](/C=C/c2ccc(-c3ccccc3C#N)cn2)[C@@H]2[C@@H](C)OC(=O)[C@@H]2C[C@@H]1C. The molecular formula is C28H30N2O4. The molecule has 6 nitrogen and oxygen atoms in total. The lowest BCUT2D eigenvalue weighted by atomic mass is 9.61. The standard InChI is InChI=1S/C28H30N2O4/c1-17-14-26-27(18(2)34-28(26)32)25(23(17)12-13-33-19(3)31)11-10-22-9-8-21(16-30-22)24-7-5-4-6-20(24)15-29/h4-11,16-18,23,25-27H,12-14H2,1-3H3/b11-10+/t17-,18+,23+,25-,26+,27-/m0/s1. The molecule has 0 amide bonds. The summed E-state index contributed by atoms with van der Waals surface area (Å²) in [7, 11) is 0. The Labute approximate surface area is 200 Å². The lowest BCUT2D eigenvalue weighted by Gasteiger charge is -2.42. The Morgan fingerprint density at radius 3 is 2.76 bits per heavy atom. The minimum Gasteiger partial charge on any atom is -0.466 e. The average molecular weight is 459 g/mol. The van der Waals surface area contributed by atoms with E-state index < -0.39 is 0 Å². The van der Waals surface area contributed by atoms with Crippen molar-refractivity contribution in [2.24, 2.45) is 29.6 Å². The van der Waals surface area contributed by atoms with E-state index in [4.69, 9.17) is 9.47 Å². The van der Waals surface area contributed by atoms with Crippen LogP contribution in [0, 0.1) is 40.9 Å². The van der Waals surface area contributed by atoms with Gasteiger partial charge >= 0.3 is 11.9 Å². The predicted molar refractivity (Wildman–Crippen MR) is 128 cm³/mol. The van der Waals surface area contributed by atoms with E-state index in [1.54, 1.807) is 12.3 Å². The first-order chi connectivity index (χ1) is 16.4. The maximum absolute atomic E-state index is 12.5. The number of aromatic nitrogens is 1. The van der Waals surface area contributed by atoms with E-state index >= 15 is 0 Å². The van der Waals surface area contributed by atoms with Crippen LogP contribution in [-0.2, 0) is 19.1 Å². The van der Waals surface area contributed by atoms with Gasteiger partial charge < -0.3 is 9.47 Å². The summed E-state index contributed by atoms with van der Waals surface area (Å²) in [6, 6.07) is 13.6. The van der Waals surface area contributed by atoms with Crippen LogP contribution in [0.4, 0.5) is 0 Å². The topological polar surface area (TPSA) is 89.3 Å². The van der Waals surface area contributed by atoms with E-state index in [1.807, 2.05) is 43.3 Å². The molecule has 0 N–H and O–H groups in total. The Hall–Kier alpha value is -3.46. The third-order valence-corrected chi connectivity index (χ3v) is 7.30. The van der Waals surface area contributed by atoms with Crippen LogP contribution in [0.3, 0.4) is 0 Å². The van der Waals surface area contributed by atoms with Crippen LogP contribution >= 0.6 is 0 Å². The Bertz CT molecular complexity index is 1120. The van der Waals surface area contributed by atoms with Crippen molar-refractivity contribution in [3.63, 3.8) is 0 Å². The molecule has 0 radical (unpaired) electrons. The number of cyclic esters (lactones) is 1. The van der Waals surface area contributed by atoms with E-state index in [0.29, 0.717) is 18.1 Å². The Balaban J connectivity index is 1.57. The number of esters is 2. The van der Waals surface area contributed by atoms with Crippen LogP contribution in [0.25, 0.3) is 17.2 Å². The molecule has 1 saturated heterocycles. The van der Waals surface area contributed by atoms with Gasteiger partial charge in [-0.2, -0.15) is 5.26 Å². The smallest absolute Gasteiger partial charge is 0.309 e. The number of hydrogen-bond donors (Lipinski definition) is 0. The molecule has 2 fully saturated rings. The number of hydrogen-bond acceptors (Lipinski definition) is 6. The summed E-state index contributed by atoms with van der Waals surface area (Å²) in [4.78, 5) is 28.3. The van der Waals surface area contributed by atoms with E-state index in [0.717, 1.165) is 29.7 Å². The Morgan fingerprint density at radius 1 is 1.26 bits per heavy atom. The molecule has 6 atom stereocenters. The maximum Gasteiger partial charge on any atom is 0.309 e. The molecule has 2 aliphatic rings. The van der Waals surface area contributed by atoms with Gasteiger partial charge in [-0.05, 0) is 55.7 Å². The third kappa shape index (κ3) is 4.89. The number of pyridine rings is 1. The molecule has 6 heteroatoms. The molecule has 176 valence electrons. The van der Waals surface area contributed by atoms with Gasteiger partial charge in [0, 0.05) is 30.2 Å². The second-order valence-electron chi connectivity index (χ2n) is 9.40. The van der Waals surface area contributed by atoms with Crippen LogP contribution in [-0.4, -0.2) is 29.6 Å². The molecule has 1 aliphatic carbocycles. The zero-order valence-electron chi connectivity index (χ0n) is 19.8. The zero-order chi connectivity index (χ0) is 24.2. The second-order valence-corrected chi connectivity index (χ2v) is 9.40. The lowest BCUT2D eigenvalue weighted by Crippen LogP contribution is -2.41. The molecule has 0 bridgehead atoms. The molecule has 4 rings (SSSR count). The summed E-state index contributed by atoms with van der Waals surface area (Å²) in [5.74, 6) is 0.332. The first kappa shape index (κ1) is 23.7. The molecule has 2 heterocycles. The molecule has 1 aliphatic heterocycles. The fourth-order valence-electron chi connectivity index (χ4n) is 5.70. The summed E-state index contributed by atoms with van der Waals surface area (Å²) in [5, 5.41) is 9.37. The van der Waals surface area contributed by atoms with Gasteiger partial charge in [-0.25, -0.2) is 0 Å². The van der Waals surface area contributed by atoms with Gasteiger partial charge in [-0.15, -0.1) is 0 Å². The fraction of sp³-hybridized carbons (Fsp3) is 0.429. The zero-order valence-corrected chi connectivity index (χ0v) is 19.8. The molecule has 1 aromatic carbocycles.